The van der Waals surface area contributed by atoms with Crippen LogP contribution in [0.3, 0.4) is 0 Å². The molecule has 0 aromatic heterocycles. The van der Waals surface area contributed by atoms with Gasteiger partial charge < -0.3 is 54.3 Å². The number of ether oxygens (including phenoxy) is 5. The van der Waals surface area contributed by atoms with Gasteiger partial charge in [-0.25, -0.2) is 0 Å². The fourth-order valence-electron chi connectivity index (χ4n) is 5.36. The molecular weight excluding hydrogens is 690 g/mol. The highest BCUT2D eigenvalue weighted by Gasteiger charge is 2.43. The minimum absolute atomic E-state index is 0.0116. The van der Waals surface area contributed by atoms with Gasteiger partial charge in [0.1, 0.15) is 44.2 Å². The van der Waals surface area contributed by atoms with Crippen molar-refractivity contribution in [2.45, 2.75) is 134 Å². The molecule has 2 fully saturated rings. The van der Waals surface area contributed by atoms with E-state index in [2.05, 4.69) is 0 Å². The second kappa shape index (κ2) is 24.8. The van der Waals surface area contributed by atoms with Crippen LogP contribution in [0.2, 0.25) is 0 Å². The Morgan fingerprint density at radius 3 is 1.59 bits per heavy atom. The first-order chi connectivity index (χ1) is 23.4. The lowest BCUT2D eigenvalue weighted by atomic mass is 9.92. The summed E-state index contributed by atoms with van der Waals surface area (Å²) in [6.45, 7) is 7.55. The van der Waals surface area contributed by atoms with E-state index in [-0.39, 0.29) is 25.5 Å². The maximum absolute atomic E-state index is 12.4. The van der Waals surface area contributed by atoms with E-state index in [0.29, 0.717) is 51.9 Å². The smallest absolute Gasteiger partial charge is 0.394 e. The van der Waals surface area contributed by atoms with Crippen LogP contribution in [0.15, 0.2) is 0 Å². The summed E-state index contributed by atoms with van der Waals surface area (Å²) in [5, 5.41) is 58.7. The van der Waals surface area contributed by atoms with E-state index in [9.17, 15) is 39.8 Å². The molecule has 13 unspecified atom stereocenters. The lowest BCUT2D eigenvalue weighted by Gasteiger charge is -2.40. The van der Waals surface area contributed by atoms with Crippen molar-refractivity contribution < 1.29 is 77.0 Å². The molecule has 2 heterocycles. The summed E-state index contributed by atoms with van der Waals surface area (Å²) < 4.78 is 69.1. The highest BCUT2D eigenvalue weighted by molar-refractivity contribution is 7.39. The lowest BCUT2D eigenvalue weighted by molar-refractivity contribution is -0.282. The van der Waals surface area contributed by atoms with Crippen LogP contribution in [0.25, 0.3) is 0 Å². The summed E-state index contributed by atoms with van der Waals surface area (Å²) in [4.78, 5) is 0. The minimum Gasteiger partial charge on any atom is -0.394 e. The van der Waals surface area contributed by atoms with Crippen LogP contribution >= 0.6 is 16.3 Å². The zero-order valence-electron chi connectivity index (χ0n) is 29.2. The summed E-state index contributed by atoms with van der Waals surface area (Å²) in [6.07, 6.45) is -3.52. The number of hydrogen-bond donors (Lipinski definition) is 6. The molecule has 0 aliphatic carbocycles. The Morgan fingerprint density at radius 2 is 1.12 bits per heavy atom. The minimum atomic E-state index is -2.37. The molecule has 288 valence electrons. The maximum atomic E-state index is 12.4. The highest BCUT2D eigenvalue weighted by Crippen LogP contribution is 2.30. The van der Waals surface area contributed by atoms with Crippen molar-refractivity contribution >= 4 is 16.3 Å². The lowest BCUT2D eigenvalue weighted by Crippen LogP contribution is -2.55. The van der Waals surface area contributed by atoms with Crippen LogP contribution in [-0.2, 0) is 46.4 Å². The van der Waals surface area contributed by atoms with Gasteiger partial charge in [0.2, 0.25) is 0 Å². The molecule has 2 aliphatic rings. The second-order valence-corrected chi connectivity index (χ2v) is 15.2. The summed E-state index contributed by atoms with van der Waals surface area (Å²) in [6, 6.07) is 0. The monoisotopic (exact) mass is 750 g/mol. The molecule has 0 spiro atoms. The fraction of sp³-hybridized carbons (Fsp3) is 1.00. The zero-order chi connectivity index (χ0) is 36.3. The second-order valence-electron chi connectivity index (χ2n) is 12.8. The third-order valence-electron chi connectivity index (χ3n) is 8.41. The Morgan fingerprint density at radius 1 is 0.653 bits per heavy atom. The Kier molecular flexibility index (Phi) is 22.7. The van der Waals surface area contributed by atoms with Crippen molar-refractivity contribution in [3.05, 3.63) is 0 Å². The molecule has 0 bridgehead atoms. The summed E-state index contributed by atoms with van der Waals surface area (Å²) in [5.74, 6) is -0.897. The predicted octanol–water partition coefficient (Wildman–Crippen LogP) is 2.14. The molecule has 2 rings (SSSR count). The Balaban J connectivity index is 1.52. The van der Waals surface area contributed by atoms with Crippen LogP contribution in [0.1, 0.15) is 72.6 Å². The zero-order valence-corrected chi connectivity index (χ0v) is 31.0. The Bertz CT molecular complexity index is 849. The van der Waals surface area contributed by atoms with Gasteiger partial charge in [0.15, 0.2) is 18.7 Å². The Hall–Kier alpha value is -0.360. The van der Waals surface area contributed by atoms with Gasteiger partial charge in [-0.2, -0.15) is 0 Å². The van der Waals surface area contributed by atoms with Crippen LogP contribution in [0, 0.1) is 11.8 Å². The molecule has 0 amide bonds. The maximum Gasteiger partial charge on any atom is 0.697 e. The van der Waals surface area contributed by atoms with Crippen LogP contribution in [-0.4, -0.2) is 144 Å². The molecule has 18 heteroatoms. The molecule has 0 radical (unpaired) electrons. The standard InChI is InChI=1S/C31H60O16P2/c1-20(2)45-23(11-16-48(38)42-14-9-5-7-12-40-30-21(3)26(34)28(36)24(17-32)46-30)19-44-49(39)43-15-10-6-8-13-41-31-22(4)27(35)29(37)25(18-33)47-31/h20-37H,5-19H2,1-4H3/q+2. The molecule has 49 heavy (non-hydrogen) atoms. The van der Waals surface area contributed by atoms with Gasteiger partial charge in [-0.1, -0.05) is 13.8 Å². The van der Waals surface area contributed by atoms with Gasteiger partial charge in [-0.05, 0) is 56.9 Å². The van der Waals surface area contributed by atoms with Crippen LogP contribution in [0.4, 0.5) is 0 Å². The van der Waals surface area contributed by atoms with Gasteiger partial charge in [0.05, 0.1) is 37.6 Å². The van der Waals surface area contributed by atoms with Crippen molar-refractivity contribution in [3.8, 4) is 0 Å². The first-order valence-electron chi connectivity index (χ1n) is 17.3. The van der Waals surface area contributed by atoms with E-state index in [1.165, 1.54) is 0 Å². The van der Waals surface area contributed by atoms with E-state index < -0.39 is 96.6 Å². The highest BCUT2D eigenvalue weighted by atomic mass is 31.1. The van der Waals surface area contributed by atoms with Crippen LogP contribution < -0.4 is 0 Å². The van der Waals surface area contributed by atoms with E-state index in [1.807, 2.05) is 13.8 Å². The average molecular weight is 751 g/mol. The van der Waals surface area contributed by atoms with Gasteiger partial charge in [0.25, 0.3) is 0 Å². The van der Waals surface area contributed by atoms with E-state index >= 15 is 0 Å². The quantitative estimate of drug-likeness (QED) is 0.0550. The number of unbranched alkanes of at least 4 members (excludes halogenated alkanes) is 4. The molecule has 13 atom stereocenters. The normalized spacial score (nSPS) is 32.0. The molecule has 0 aromatic carbocycles. The fourth-order valence-corrected chi connectivity index (χ4v) is 6.96. The molecule has 2 saturated heterocycles. The van der Waals surface area contributed by atoms with Crippen molar-refractivity contribution in [1.29, 1.82) is 0 Å². The van der Waals surface area contributed by atoms with Gasteiger partial charge >= 0.3 is 16.3 Å². The first kappa shape index (κ1) is 44.8. The molecule has 0 saturated carbocycles. The predicted molar refractivity (Wildman–Crippen MR) is 176 cm³/mol. The molecule has 2 aliphatic heterocycles. The third kappa shape index (κ3) is 16.5. The summed E-state index contributed by atoms with van der Waals surface area (Å²) in [5.41, 5.74) is 0. The third-order valence-corrected chi connectivity index (χ3v) is 10.3. The SMILES string of the molecule is CC(C)OC(CC[P+](=O)OCCCCCOC1OC(CO)C(O)C(O)C1C)CO[P+](=O)OCCCCCOC1OC(CO)C(O)C(O)C1C. The Labute approximate surface area is 291 Å². The number of rotatable bonds is 26. The number of aliphatic hydroxyl groups is 6. The average Bonchev–Trinajstić information content (AvgIpc) is 3.08. The summed E-state index contributed by atoms with van der Waals surface area (Å²) in [7, 11) is -4.29. The van der Waals surface area contributed by atoms with E-state index in [4.69, 9.17) is 37.3 Å². The van der Waals surface area contributed by atoms with Gasteiger partial charge in [-0.3, -0.25) is 0 Å². The number of hydrogen-bond acceptors (Lipinski definition) is 16. The molecule has 6 N–H and O–H groups in total. The van der Waals surface area contributed by atoms with Crippen molar-refractivity contribution in [2.24, 2.45) is 11.8 Å². The van der Waals surface area contributed by atoms with Gasteiger partial charge in [0, 0.05) is 36.0 Å². The molecule has 16 nitrogen and oxygen atoms in total. The van der Waals surface area contributed by atoms with Crippen LogP contribution in [0.5, 0.6) is 0 Å². The van der Waals surface area contributed by atoms with Gasteiger partial charge in [-0.15, -0.1) is 13.6 Å². The van der Waals surface area contributed by atoms with Crippen molar-refractivity contribution in [3.63, 3.8) is 0 Å². The largest absolute Gasteiger partial charge is 0.697 e. The van der Waals surface area contributed by atoms with E-state index in [1.54, 1.807) is 13.8 Å². The van der Waals surface area contributed by atoms with E-state index in [0.717, 1.165) is 12.8 Å². The molecule has 0 aromatic rings. The van der Waals surface area contributed by atoms with Crippen molar-refractivity contribution in [1.82, 2.24) is 0 Å². The first-order valence-corrected chi connectivity index (χ1v) is 19.8. The topological polar surface area (TPSA) is 229 Å². The molecular formula is C31H60O16P2+2. The number of aliphatic hydroxyl groups excluding tert-OH is 6. The van der Waals surface area contributed by atoms with Crippen molar-refractivity contribution in [2.75, 3.05) is 52.4 Å². The summed E-state index contributed by atoms with van der Waals surface area (Å²) >= 11 is 0.